The lowest BCUT2D eigenvalue weighted by molar-refractivity contribution is 0.0846. The maximum Gasteiger partial charge on any atom is 0.291 e. The molecule has 0 saturated carbocycles. The molecular formula is C15H12N4O4S. The quantitative estimate of drug-likeness (QED) is 0.542. The van der Waals surface area contributed by atoms with Crippen molar-refractivity contribution in [3.63, 3.8) is 0 Å². The molecule has 4 N–H and O–H groups in total. The van der Waals surface area contributed by atoms with Crippen LogP contribution < -0.4 is 16.2 Å². The lowest BCUT2D eigenvalue weighted by Gasteiger charge is -2.04. The van der Waals surface area contributed by atoms with Gasteiger partial charge in [0.2, 0.25) is 0 Å². The number of nitrogens with one attached hydrogen (secondary N) is 4. The number of aromatic amines is 1. The van der Waals surface area contributed by atoms with Gasteiger partial charge in [-0.05, 0) is 36.4 Å². The number of amides is 3. The molecule has 0 unspecified atom stereocenters. The first-order chi connectivity index (χ1) is 11.6. The van der Waals surface area contributed by atoms with E-state index in [4.69, 9.17) is 4.42 Å². The predicted octanol–water partition coefficient (Wildman–Crippen LogP) is 2.00. The van der Waals surface area contributed by atoms with Gasteiger partial charge in [0.15, 0.2) is 5.76 Å². The molecule has 0 aliphatic rings. The lowest BCUT2D eigenvalue weighted by atomic mass is 10.4. The highest BCUT2D eigenvalue weighted by Gasteiger charge is 2.14. The van der Waals surface area contributed by atoms with Crippen molar-refractivity contribution in [1.29, 1.82) is 0 Å². The number of carbonyl (C=O) groups excluding carboxylic acids is 3. The minimum atomic E-state index is -0.488. The smallest absolute Gasteiger partial charge is 0.291 e. The zero-order valence-corrected chi connectivity index (χ0v) is 13.0. The molecule has 3 heterocycles. The van der Waals surface area contributed by atoms with E-state index in [1.54, 1.807) is 36.5 Å². The minimum Gasteiger partial charge on any atom is -0.459 e. The molecule has 0 bridgehead atoms. The Bertz CT molecular complexity index is 852. The molecule has 0 aliphatic heterocycles. The van der Waals surface area contributed by atoms with E-state index in [-0.39, 0.29) is 5.76 Å². The van der Waals surface area contributed by atoms with Gasteiger partial charge >= 0.3 is 0 Å². The van der Waals surface area contributed by atoms with Crippen LogP contribution in [-0.4, -0.2) is 22.7 Å². The van der Waals surface area contributed by atoms with Crippen LogP contribution >= 0.6 is 11.3 Å². The number of rotatable bonds is 4. The largest absolute Gasteiger partial charge is 0.459 e. The summed E-state index contributed by atoms with van der Waals surface area (Å²) in [6.45, 7) is 0. The number of hydrogen-bond donors (Lipinski definition) is 4. The van der Waals surface area contributed by atoms with E-state index in [0.29, 0.717) is 15.6 Å². The summed E-state index contributed by atoms with van der Waals surface area (Å²) in [5.74, 6) is -1.18. The molecule has 3 aromatic heterocycles. The van der Waals surface area contributed by atoms with Crippen molar-refractivity contribution in [3.05, 3.63) is 65.2 Å². The van der Waals surface area contributed by atoms with E-state index >= 15 is 0 Å². The highest BCUT2D eigenvalue weighted by Crippen LogP contribution is 2.22. The second-order valence-electron chi connectivity index (χ2n) is 4.59. The van der Waals surface area contributed by atoms with Gasteiger partial charge in [-0.15, -0.1) is 11.3 Å². The van der Waals surface area contributed by atoms with Crippen LogP contribution in [0.2, 0.25) is 0 Å². The fraction of sp³-hybridized carbons (Fsp3) is 0. The molecule has 24 heavy (non-hydrogen) atoms. The van der Waals surface area contributed by atoms with Gasteiger partial charge in [-0.3, -0.25) is 25.2 Å². The molecule has 0 spiro atoms. The predicted molar refractivity (Wildman–Crippen MR) is 86.7 cm³/mol. The van der Waals surface area contributed by atoms with Gasteiger partial charge in [-0.1, -0.05) is 0 Å². The van der Waals surface area contributed by atoms with Crippen molar-refractivity contribution in [2.75, 3.05) is 5.32 Å². The van der Waals surface area contributed by atoms with Crippen molar-refractivity contribution < 1.29 is 18.8 Å². The van der Waals surface area contributed by atoms with Gasteiger partial charge in [-0.25, -0.2) is 0 Å². The summed E-state index contributed by atoms with van der Waals surface area (Å²) in [6.07, 6.45) is 3.00. The SMILES string of the molecule is O=C(NNC(=O)c1ccc(NC(=O)c2ccco2)s1)c1ccc[nH]1. The number of carbonyl (C=O) groups is 3. The molecule has 3 amide bonds. The van der Waals surface area contributed by atoms with Crippen molar-refractivity contribution in [2.45, 2.75) is 0 Å². The van der Waals surface area contributed by atoms with E-state index in [1.807, 2.05) is 0 Å². The number of hydrogen-bond acceptors (Lipinski definition) is 5. The second-order valence-corrected chi connectivity index (χ2v) is 5.67. The first-order valence-electron chi connectivity index (χ1n) is 6.82. The summed E-state index contributed by atoms with van der Waals surface area (Å²) in [5.41, 5.74) is 4.92. The average Bonchev–Trinajstić information content (AvgIpc) is 3.33. The third-order valence-corrected chi connectivity index (χ3v) is 3.94. The zero-order chi connectivity index (χ0) is 16.9. The van der Waals surface area contributed by atoms with Crippen LogP contribution in [0.1, 0.15) is 30.7 Å². The van der Waals surface area contributed by atoms with Crippen LogP contribution in [0.25, 0.3) is 0 Å². The third-order valence-electron chi connectivity index (χ3n) is 2.94. The highest BCUT2D eigenvalue weighted by molar-refractivity contribution is 7.18. The summed E-state index contributed by atoms with van der Waals surface area (Å²) < 4.78 is 4.98. The van der Waals surface area contributed by atoms with Gasteiger partial charge in [0.05, 0.1) is 16.1 Å². The van der Waals surface area contributed by atoms with E-state index in [9.17, 15) is 14.4 Å². The summed E-state index contributed by atoms with van der Waals surface area (Å²) >= 11 is 1.07. The molecule has 9 heteroatoms. The highest BCUT2D eigenvalue weighted by atomic mass is 32.1. The summed E-state index contributed by atoms with van der Waals surface area (Å²) in [6, 6.07) is 9.52. The molecule has 8 nitrogen and oxygen atoms in total. The van der Waals surface area contributed by atoms with Crippen LogP contribution in [0.15, 0.2) is 53.3 Å². The van der Waals surface area contributed by atoms with Gasteiger partial charge in [0.1, 0.15) is 5.69 Å². The molecule has 0 aromatic carbocycles. The summed E-state index contributed by atoms with van der Waals surface area (Å²) in [7, 11) is 0. The number of hydrazine groups is 1. The van der Waals surface area contributed by atoms with Crippen molar-refractivity contribution in [1.82, 2.24) is 15.8 Å². The number of thiophene rings is 1. The maximum atomic E-state index is 12.0. The van der Waals surface area contributed by atoms with Gasteiger partial charge in [0.25, 0.3) is 17.7 Å². The molecule has 0 aliphatic carbocycles. The molecule has 122 valence electrons. The Balaban J connectivity index is 1.55. The van der Waals surface area contributed by atoms with E-state index in [0.717, 1.165) is 11.3 Å². The number of H-pyrrole nitrogens is 1. The summed E-state index contributed by atoms with van der Waals surface area (Å²) in [4.78, 5) is 38.6. The Morgan fingerprint density at radius 1 is 0.958 bits per heavy atom. The number of anilines is 1. The Morgan fingerprint density at radius 3 is 2.50 bits per heavy atom. The fourth-order valence-electron chi connectivity index (χ4n) is 1.82. The van der Waals surface area contributed by atoms with Gasteiger partial charge < -0.3 is 14.7 Å². The molecule has 0 radical (unpaired) electrons. The molecule has 3 aromatic rings. The van der Waals surface area contributed by atoms with Crippen LogP contribution in [0.5, 0.6) is 0 Å². The van der Waals surface area contributed by atoms with E-state index in [2.05, 4.69) is 21.2 Å². The van der Waals surface area contributed by atoms with Crippen LogP contribution in [0, 0.1) is 0 Å². The molecule has 0 saturated heterocycles. The van der Waals surface area contributed by atoms with E-state index in [1.165, 1.54) is 12.3 Å². The second kappa shape index (κ2) is 6.84. The number of aromatic nitrogens is 1. The maximum absolute atomic E-state index is 12.0. The topological polar surface area (TPSA) is 116 Å². The normalized spacial score (nSPS) is 10.2. The fourth-order valence-corrected chi connectivity index (χ4v) is 2.62. The minimum absolute atomic E-state index is 0.174. The van der Waals surface area contributed by atoms with Crippen LogP contribution in [0.4, 0.5) is 5.00 Å². The van der Waals surface area contributed by atoms with Crippen molar-refractivity contribution in [2.24, 2.45) is 0 Å². The summed E-state index contributed by atoms with van der Waals surface area (Å²) in [5, 5.41) is 3.10. The van der Waals surface area contributed by atoms with E-state index < -0.39 is 17.7 Å². The molecule has 3 rings (SSSR count). The molecular weight excluding hydrogens is 332 g/mol. The molecule has 0 fully saturated rings. The average molecular weight is 344 g/mol. The Kier molecular flexibility index (Phi) is 4.43. The Labute approximate surface area is 139 Å². The van der Waals surface area contributed by atoms with Crippen LogP contribution in [-0.2, 0) is 0 Å². The van der Waals surface area contributed by atoms with Crippen LogP contribution in [0.3, 0.4) is 0 Å². The first kappa shape index (κ1) is 15.6. The standard InChI is InChI=1S/C15H12N4O4S/c20-13(9-3-1-7-16-9)18-19-15(22)11-5-6-12(24-11)17-14(21)10-4-2-8-23-10/h1-8,16H,(H,17,21)(H,18,20)(H,19,22). The number of furan rings is 1. The molecule has 0 atom stereocenters. The van der Waals surface area contributed by atoms with Gasteiger partial charge in [-0.2, -0.15) is 0 Å². The zero-order valence-electron chi connectivity index (χ0n) is 12.2. The van der Waals surface area contributed by atoms with Crippen molar-refractivity contribution in [3.8, 4) is 0 Å². The van der Waals surface area contributed by atoms with Crippen molar-refractivity contribution >= 4 is 34.1 Å². The lowest BCUT2D eigenvalue weighted by Crippen LogP contribution is -2.41. The Morgan fingerprint density at radius 2 is 1.79 bits per heavy atom. The third kappa shape index (κ3) is 3.52. The Hall–Kier alpha value is -3.33. The van der Waals surface area contributed by atoms with Gasteiger partial charge in [0, 0.05) is 6.20 Å². The monoisotopic (exact) mass is 344 g/mol. The first-order valence-corrected chi connectivity index (χ1v) is 7.64.